The number of likely N-dealkylation sites (N-methyl/N-ethyl adjacent to an activating group) is 1. The first-order chi connectivity index (χ1) is 9.70. The average Bonchev–Trinajstić information content (AvgIpc) is 2.59. The Hall–Kier alpha value is -1.34. The first kappa shape index (κ1) is 15.1. The molecule has 2 N–H and O–H groups in total. The van der Waals surface area contributed by atoms with Crippen LogP contribution in [0.5, 0.6) is 0 Å². The molecule has 1 atom stereocenters. The van der Waals surface area contributed by atoms with E-state index in [9.17, 15) is 0 Å². The number of benzene rings is 1. The number of hydrogen-bond donors (Lipinski definition) is 1. The van der Waals surface area contributed by atoms with Gasteiger partial charge in [-0.2, -0.15) is 0 Å². The molecule has 1 aromatic carbocycles. The summed E-state index contributed by atoms with van der Waals surface area (Å²) in [5, 5.41) is 0. The monoisotopic (exact) mass is 271 g/mol. The van der Waals surface area contributed by atoms with Crippen molar-refractivity contribution in [3.05, 3.63) is 35.4 Å². The molecule has 0 radical (unpaired) electrons. The van der Waals surface area contributed by atoms with Crippen molar-refractivity contribution in [3.63, 3.8) is 0 Å². The Morgan fingerprint density at radius 1 is 1.30 bits per heavy atom. The second-order valence-electron chi connectivity index (χ2n) is 5.60. The van der Waals surface area contributed by atoms with Crippen molar-refractivity contribution in [2.75, 3.05) is 33.2 Å². The summed E-state index contributed by atoms with van der Waals surface area (Å²) >= 11 is 0. The van der Waals surface area contributed by atoms with E-state index in [2.05, 4.69) is 53.8 Å². The fourth-order valence-electron chi connectivity index (χ4n) is 2.80. The van der Waals surface area contributed by atoms with Crippen LogP contribution in [0.25, 0.3) is 0 Å². The first-order valence-electron chi connectivity index (χ1n) is 7.40. The van der Waals surface area contributed by atoms with Crippen molar-refractivity contribution in [2.24, 2.45) is 5.73 Å². The van der Waals surface area contributed by atoms with Crippen LogP contribution >= 0.6 is 0 Å². The minimum atomic E-state index is 0.416. The summed E-state index contributed by atoms with van der Waals surface area (Å²) in [4.78, 5) is 4.98. The molecule has 1 unspecified atom stereocenters. The van der Waals surface area contributed by atoms with Gasteiger partial charge >= 0.3 is 0 Å². The van der Waals surface area contributed by atoms with Crippen LogP contribution in [-0.4, -0.2) is 49.1 Å². The lowest BCUT2D eigenvalue weighted by atomic mass is 10.1. The second-order valence-corrected chi connectivity index (χ2v) is 5.60. The third-order valence-electron chi connectivity index (χ3n) is 3.90. The van der Waals surface area contributed by atoms with Crippen LogP contribution in [0.15, 0.2) is 24.3 Å². The predicted molar refractivity (Wildman–Crippen MR) is 84.4 cm³/mol. The van der Waals surface area contributed by atoms with Gasteiger partial charge < -0.3 is 10.6 Å². The van der Waals surface area contributed by atoms with Crippen molar-refractivity contribution in [3.8, 4) is 11.8 Å². The van der Waals surface area contributed by atoms with Crippen LogP contribution in [0.2, 0.25) is 0 Å². The van der Waals surface area contributed by atoms with E-state index in [-0.39, 0.29) is 0 Å². The van der Waals surface area contributed by atoms with Crippen LogP contribution in [0, 0.1) is 11.8 Å². The van der Waals surface area contributed by atoms with E-state index >= 15 is 0 Å². The molecule has 0 aliphatic carbocycles. The summed E-state index contributed by atoms with van der Waals surface area (Å²) in [6, 6.07) is 8.99. The first-order valence-corrected chi connectivity index (χ1v) is 7.40. The number of hydrogen-bond acceptors (Lipinski definition) is 3. The summed E-state index contributed by atoms with van der Waals surface area (Å²) < 4.78 is 0. The molecule has 2 rings (SSSR count). The van der Waals surface area contributed by atoms with Gasteiger partial charge in [0.25, 0.3) is 0 Å². The molecule has 0 spiro atoms. The van der Waals surface area contributed by atoms with E-state index < -0.39 is 0 Å². The molecule has 1 aromatic rings. The molecule has 0 aromatic heterocycles. The molecule has 1 fully saturated rings. The predicted octanol–water partition coefficient (Wildman–Crippen LogP) is 1.52. The quantitative estimate of drug-likeness (QED) is 0.828. The van der Waals surface area contributed by atoms with Gasteiger partial charge in [0.05, 0.1) is 6.54 Å². The highest BCUT2D eigenvalue weighted by Crippen LogP contribution is 2.16. The molecule has 1 saturated heterocycles. The lowest BCUT2D eigenvalue weighted by Crippen LogP contribution is -2.37. The van der Waals surface area contributed by atoms with E-state index in [1.807, 2.05) is 6.07 Å². The molecule has 0 saturated carbocycles. The largest absolute Gasteiger partial charge is 0.320 e. The van der Waals surface area contributed by atoms with E-state index in [4.69, 9.17) is 5.73 Å². The van der Waals surface area contributed by atoms with Crippen LogP contribution in [0.1, 0.15) is 24.5 Å². The Morgan fingerprint density at radius 2 is 2.10 bits per heavy atom. The Morgan fingerprint density at radius 3 is 2.90 bits per heavy atom. The standard InChI is InChI=1S/C17H25N3/c1-15-13-19(2)11-6-12-20(15)14-17-8-4-3-7-16(17)9-5-10-18/h3-4,7-8,15H,6,10-14,18H2,1-2H3. The second kappa shape index (κ2) is 7.44. The SMILES string of the molecule is CC1CN(C)CCCN1Cc1ccccc1C#CCN. The molecular formula is C17H25N3. The molecule has 1 heterocycles. The fraction of sp³-hybridized carbons (Fsp3) is 0.529. The molecule has 0 amide bonds. The van der Waals surface area contributed by atoms with E-state index in [1.54, 1.807) is 0 Å². The van der Waals surface area contributed by atoms with Gasteiger partial charge in [-0.1, -0.05) is 30.0 Å². The molecular weight excluding hydrogens is 246 g/mol. The van der Waals surface area contributed by atoms with Gasteiger partial charge in [0.1, 0.15) is 0 Å². The van der Waals surface area contributed by atoms with Gasteiger partial charge in [0.15, 0.2) is 0 Å². The zero-order chi connectivity index (χ0) is 14.4. The Kier molecular flexibility index (Phi) is 5.60. The summed E-state index contributed by atoms with van der Waals surface area (Å²) in [7, 11) is 2.21. The highest BCUT2D eigenvalue weighted by molar-refractivity contribution is 5.41. The lowest BCUT2D eigenvalue weighted by Gasteiger charge is -2.28. The topological polar surface area (TPSA) is 32.5 Å². The third kappa shape index (κ3) is 4.08. The Labute approximate surface area is 122 Å². The lowest BCUT2D eigenvalue weighted by molar-refractivity contribution is 0.194. The summed E-state index contributed by atoms with van der Waals surface area (Å²) in [5.41, 5.74) is 7.90. The van der Waals surface area contributed by atoms with Crippen LogP contribution in [0.3, 0.4) is 0 Å². The molecule has 0 bridgehead atoms. The minimum Gasteiger partial charge on any atom is -0.320 e. The third-order valence-corrected chi connectivity index (χ3v) is 3.90. The van der Waals surface area contributed by atoms with Gasteiger partial charge in [-0.15, -0.1) is 0 Å². The summed E-state index contributed by atoms with van der Waals surface area (Å²) in [6.07, 6.45) is 1.23. The molecule has 3 nitrogen and oxygen atoms in total. The van der Waals surface area contributed by atoms with Crippen molar-refractivity contribution < 1.29 is 0 Å². The smallest absolute Gasteiger partial charge is 0.0555 e. The summed E-state index contributed by atoms with van der Waals surface area (Å²) in [5.74, 6) is 6.15. The van der Waals surface area contributed by atoms with Gasteiger partial charge in [-0.3, -0.25) is 4.90 Å². The normalized spacial score (nSPS) is 21.1. The summed E-state index contributed by atoms with van der Waals surface area (Å²) in [6.45, 7) is 7.19. The zero-order valence-electron chi connectivity index (χ0n) is 12.6. The maximum absolute atomic E-state index is 5.48. The van der Waals surface area contributed by atoms with Crippen LogP contribution in [-0.2, 0) is 6.54 Å². The average molecular weight is 271 g/mol. The van der Waals surface area contributed by atoms with Crippen molar-refractivity contribution in [1.82, 2.24) is 9.80 Å². The van der Waals surface area contributed by atoms with Gasteiger partial charge in [0.2, 0.25) is 0 Å². The zero-order valence-corrected chi connectivity index (χ0v) is 12.6. The minimum absolute atomic E-state index is 0.416. The van der Waals surface area contributed by atoms with Gasteiger partial charge in [-0.25, -0.2) is 0 Å². The number of nitrogens with two attached hydrogens (primary N) is 1. The Bertz CT molecular complexity index is 486. The van der Waals surface area contributed by atoms with Crippen molar-refractivity contribution in [2.45, 2.75) is 25.9 Å². The van der Waals surface area contributed by atoms with E-state index in [0.717, 1.165) is 25.2 Å². The van der Waals surface area contributed by atoms with E-state index in [1.165, 1.54) is 18.5 Å². The maximum Gasteiger partial charge on any atom is 0.0555 e. The molecule has 20 heavy (non-hydrogen) atoms. The van der Waals surface area contributed by atoms with Crippen LogP contribution < -0.4 is 5.73 Å². The van der Waals surface area contributed by atoms with Gasteiger partial charge in [0, 0.05) is 31.2 Å². The van der Waals surface area contributed by atoms with Gasteiger partial charge in [-0.05, 0) is 38.6 Å². The molecule has 1 aliphatic rings. The number of rotatable bonds is 2. The van der Waals surface area contributed by atoms with Crippen molar-refractivity contribution >= 4 is 0 Å². The number of nitrogens with zero attached hydrogens (tertiary/aromatic N) is 2. The molecule has 108 valence electrons. The van der Waals surface area contributed by atoms with Crippen molar-refractivity contribution in [1.29, 1.82) is 0 Å². The highest BCUT2D eigenvalue weighted by atomic mass is 15.2. The van der Waals surface area contributed by atoms with E-state index in [0.29, 0.717) is 12.6 Å². The Balaban J connectivity index is 2.12. The molecule has 1 aliphatic heterocycles. The fourth-order valence-corrected chi connectivity index (χ4v) is 2.80. The molecule has 3 heteroatoms. The highest BCUT2D eigenvalue weighted by Gasteiger charge is 2.20. The van der Waals surface area contributed by atoms with Crippen LogP contribution in [0.4, 0.5) is 0 Å². The maximum atomic E-state index is 5.48.